The predicted molar refractivity (Wildman–Crippen MR) is 110 cm³/mol. The average molecular weight is 421 g/mol. The molecule has 0 bridgehead atoms. The van der Waals surface area contributed by atoms with E-state index in [1.165, 1.54) is 0 Å². The molecular formula is C20H13BrN4S. The van der Waals surface area contributed by atoms with E-state index in [-0.39, 0.29) is 0 Å². The number of fused-ring (bicyclic) bond motifs is 2. The molecule has 0 fully saturated rings. The van der Waals surface area contributed by atoms with Crippen LogP contribution >= 0.6 is 27.3 Å². The van der Waals surface area contributed by atoms with Gasteiger partial charge >= 0.3 is 0 Å². The Balaban J connectivity index is 1.89. The number of para-hydroxylation sites is 2. The number of rotatable bonds is 2. The van der Waals surface area contributed by atoms with Crippen LogP contribution < -0.4 is 0 Å². The Morgan fingerprint density at radius 3 is 2.46 bits per heavy atom. The Bertz CT molecular complexity index is 1260. The van der Waals surface area contributed by atoms with Crippen LogP contribution in [-0.4, -0.2) is 19.5 Å². The fourth-order valence-electron chi connectivity index (χ4n) is 3.04. The summed E-state index contributed by atoms with van der Waals surface area (Å²) in [6.45, 7) is 2.08. The highest BCUT2D eigenvalue weighted by molar-refractivity contribution is 9.10. The summed E-state index contributed by atoms with van der Waals surface area (Å²) < 4.78 is 3.18. The molecule has 0 aliphatic heterocycles. The van der Waals surface area contributed by atoms with Gasteiger partial charge in [0.25, 0.3) is 0 Å². The van der Waals surface area contributed by atoms with Gasteiger partial charge in [0.15, 0.2) is 17.1 Å². The van der Waals surface area contributed by atoms with Crippen molar-refractivity contribution in [3.05, 3.63) is 70.0 Å². The predicted octanol–water partition coefficient (Wildman–Crippen LogP) is 5.77. The molecule has 3 heterocycles. The Morgan fingerprint density at radius 1 is 0.923 bits per heavy atom. The van der Waals surface area contributed by atoms with Gasteiger partial charge < -0.3 is 0 Å². The van der Waals surface area contributed by atoms with Crippen molar-refractivity contribution in [2.75, 3.05) is 0 Å². The van der Waals surface area contributed by atoms with Crippen LogP contribution in [-0.2, 0) is 0 Å². The maximum Gasteiger partial charge on any atom is 0.199 e. The van der Waals surface area contributed by atoms with Gasteiger partial charge in [0, 0.05) is 10.2 Å². The number of thiophene rings is 1. The second kappa shape index (κ2) is 6.00. The zero-order valence-electron chi connectivity index (χ0n) is 13.8. The minimum atomic E-state index is 0.660. The Labute approximate surface area is 162 Å². The molecule has 0 aliphatic carbocycles. The maximum atomic E-state index is 4.87. The van der Waals surface area contributed by atoms with Gasteiger partial charge in [-0.25, -0.2) is 15.0 Å². The Hall–Kier alpha value is -2.57. The van der Waals surface area contributed by atoms with E-state index in [2.05, 4.69) is 57.1 Å². The lowest BCUT2D eigenvalue weighted by molar-refractivity contribution is 1.08. The van der Waals surface area contributed by atoms with Crippen molar-refractivity contribution in [1.82, 2.24) is 19.5 Å². The molecule has 0 saturated heterocycles. The molecule has 0 N–H and O–H groups in total. The largest absolute Gasteiger partial charge is 0.275 e. The minimum Gasteiger partial charge on any atom is -0.275 e. The van der Waals surface area contributed by atoms with Crippen molar-refractivity contribution >= 4 is 49.6 Å². The third-order valence-electron chi connectivity index (χ3n) is 4.31. The zero-order chi connectivity index (χ0) is 17.7. The van der Waals surface area contributed by atoms with E-state index in [0.29, 0.717) is 5.65 Å². The van der Waals surface area contributed by atoms with Crippen molar-refractivity contribution in [3.63, 3.8) is 0 Å². The van der Waals surface area contributed by atoms with Gasteiger partial charge in [-0.1, -0.05) is 34.1 Å². The molecule has 3 aromatic heterocycles. The van der Waals surface area contributed by atoms with Crippen LogP contribution in [0.15, 0.2) is 64.5 Å². The highest BCUT2D eigenvalue weighted by atomic mass is 79.9. The number of hydrogen-bond donors (Lipinski definition) is 0. The van der Waals surface area contributed by atoms with Gasteiger partial charge in [0.05, 0.1) is 15.9 Å². The maximum absolute atomic E-state index is 4.87. The van der Waals surface area contributed by atoms with Gasteiger partial charge in [0.2, 0.25) is 0 Å². The molecule has 0 saturated carbocycles. The average Bonchev–Trinajstić information content (AvgIpc) is 3.29. The summed E-state index contributed by atoms with van der Waals surface area (Å²) in [5.41, 5.74) is 5.35. The summed E-state index contributed by atoms with van der Waals surface area (Å²) in [5, 5.41) is 2.06. The van der Waals surface area contributed by atoms with Crippen molar-refractivity contribution in [2.45, 2.75) is 6.92 Å². The summed E-state index contributed by atoms with van der Waals surface area (Å²) in [5.74, 6) is 0.868. The Kier molecular flexibility index (Phi) is 3.62. The molecule has 26 heavy (non-hydrogen) atoms. The molecule has 5 rings (SSSR count). The van der Waals surface area contributed by atoms with Crippen LogP contribution in [0.1, 0.15) is 5.56 Å². The molecule has 5 aromatic rings. The second-order valence-electron chi connectivity index (χ2n) is 6.04. The number of halogens is 1. The summed E-state index contributed by atoms with van der Waals surface area (Å²) >= 11 is 5.24. The van der Waals surface area contributed by atoms with Crippen molar-refractivity contribution in [1.29, 1.82) is 0 Å². The first-order valence-corrected chi connectivity index (χ1v) is 9.83. The first-order chi connectivity index (χ1) is 12.7. The van der Waals surface area contributed by atoms with Gasteiger partial charge in [-0.05, 0) is 54.3 Å². The monoisotopic (exact) mass is 420 g/mol. The highest BCUT2D eigenvalue weighted by Gasteiger charge is 2.18. The smallest absolute Gasteiger partial charge is 0.199 e. The van der Waals surface area contributed by atoms with Crippen LogP contribution in [0.5, 0.6) is 0 Å². The molecule has 0 radical (unpaired) electrons. The van der Waals surface area contributed by atoms with Crippen LogP contribution in [0.3, 0.4) is 0 Å². The number of hydrogen-bond acceptors (Lipinski definition) is 4. The molecule has 0 amide bonds. The first-order valence-electron chi connectivity index (χ1n) is 8.16. The number of aromatic nitrogens is 4. The summed E-state index contributed by atoms with van der Waals surface area (Å²) in [6, 6.07) is 18.3. The molecular weight excluding hydrogens is 408 g/mol. The number of benzene rings is 2. The molecule has 2 aromatic carbocycles. The van der Waals surface area contributed by atoms with E-state index in [1.54, 1.807) is 11.3 Å². The fourth-order valence-corrected chi connectivity index (χ4v) is 3.99. The number of imidazole rings is 1. The molecule has 6 heteroatoms. The van der Waals surface area contributed by atoms with E-state index in [0.717, 1.165) is 43.1 Å². The van der Waals surface area contributed by atoms with Crippen LogP contribution in [0.2, 0.25) is 0 Å². The molecule has 0 atom stereocenters. The summed E-state index contributed by atoms with van der Waals surface area (Å²) in [4.78, 5) is 15.5. The van der Waals surface area contributed by atoms with E-state index in [9.17, 15) is 0 Å². The normalized spacial score (nSPS) is 11.5. The third-order valence-corrected chi connectivity index (χ3v) is 6.07. The number of nitrogens with zero attached hydrogens (tertiary/aromatic N) is 4. The molecule has 4 nitrogen and oxygen atoms in total. The van der Waals surface area contributed by atoms with Crippen LogP contribution in [0.4, 0.5) is 0 Å². The minimum absolute atomic E-state index is 0.660. The summed E-state index contributed by atoms with van der Waals surface area (Å²) in [7, 11) is 0. The first kappa shape index (κ1) is 15.7. The third kappa shape index (κ3) is 2.45. The number of aryl methyl sites for hydroxylation is 1. The molecule has 126 valence electrons. The molecule has 0 spiro atoms. The Morgan fingerprint density at radius 2 is 1.73 bits per heavy atom. The van der Waals surface area contributed by atoms with Crippen molar-refractivity contribution < 1.29 is 0 Å². The van der Waals surface area contributed by atoms with Gasteiger partial charge in [-0.15, -0.1) is 11.3 Å². The van der Waals surface area contributed by atoms with E-state index >= 15 is 0 Å². The standard InChI is InChI=1S/C20H13BrN4S/c1-12-11-13(8-9-14(12)21)25-19(17-7-4-10-26-17)24-18-20(25)23-16-6-3-2-5-15(16)22-18/h2-11H,1H3. The molecule has 0 aliphatic rings. The second-order valence-corrected chi connectivity index (χ2v) is 7.84. The SMILES string of the molecule is Cc1cc(-n2c(-c3cccs3)nc3nc4ccccc4nc32)ccc1Br. The van der Waals surface area contributed by atoms with E-state index in [4.69, 9.17) is 15.0 Å². The van der Waals surface area contributed by atoms with E-state index < -0.39 is 0 Å². The summed E-state index contributed by atoms with van der Waals surface area (Å²) in [6.07, 6.45) is 0. The van der Waals surface area contributed by atoms with Crippen LogP contribution in [0.25, 0.3) is 38.7 Å². The fraction of sp³-hybridized carbons (Fsp3) is 0.0500. The lowest BCUT2D eigenvalue weighted by Gasteiger charge is -2.09. The van der Waals surface area contributed by atoms with Gasteiger partial charge in [-0.3, -0.25) is 4.57 Å². The highest BCUT2D eigenvalue weighted by Crippen LogP contribution is 2.31. The van der Waals surface area contributed by atoms with Gasteiger partial charge in [0.1, 0.15) is 0 Å². The lowest BCUT2D eigenvalue weighted by atomic mass is 10.2. The zero-order valence-corrected chi connectivity index (χ0v) is 16.3. The van der Waals surface area contributed by atoms with Crippen LogP contribution in [0, 0.1) is 6.92 Å². The quantitative estimate of drug-likeness (QED) is 0.364. The topological polar surface area (TPSA) is 43.6 Å². The van der Waals surface area contributed by atoms with E-state index in [1.807, 2.05) is 30.3 Å². The lowest BCUT2D eigenvalue weighted by Crippen LogP contribution is -1.99. The molecule has 0 unspecified atom stereocenters. The van der Waals surface area contributed by atoms with Crippen molar-refractivity contribution in [3.8, 4) is 16.4 Å². The van der Waals surface area contributed by atoms with Crippen molar-refractivity contribution in [2.24, 2.45) is 0 Å². The van der Waals surface area contributed by atoms with Gasteiger partial charge in [-0.2, -0.15) is 0 Å².